The number of fused-ring (bicyclic) bond motifs is 1. The van der Waals surface area contributed by atoms with Crippen LogP contribution < -0.4 is 30.6 Å². The summed E-state index contributed by atoms with van der Waals surface area (Å²) in [6.07, 6.45) is 1.45. The predicted molar refractivity (Wildman–Crippen MR) is 103 cm³/mol. The van der Waals surface area contributed by atoms with E-state index < -0.39 is 0 Å². The number of aromatic nitrogens is 2. The molecule has 1 aliphatic rings. The van der Waals surface area contributed by atoms with Gasteiger partial charge in [-0.2, -0.15) is 0 Å². The quantitative estimate of drug-likeness (QED) is 0.633. The number of hydrogen-bond donors (Lipinski definition) is 3. The summed E-state index contributed by atoms with van der Waals surface area (Å²) in [7, 11) is 1.63. The zero-order valence-electron chi connectivity index (χ0n) is 14.7. The highest BCUT2D eigenvalue weighted by atomic mass is 16.6. The van der Waals surface area contributed by atoms with Gasteiger partial charge >= 0.3 is 0 Å². The third-order valence-electron chi connectivity index (χ3n) is 4.04. The topological polar surface area (TPSA) is 104 Å². The van der Waals surface area contributed by atoms with Crippen LogP contribution >= 0.6 is 0 Å². The van der Waals surface area contributed by atoms with Crippen molar-refractivity contribution < 1.29 is 14.2 Å². The number of anilines is 5. The smallest absolute Gasteiger partial charge is 0.163 e. The van der Waals surface area contributed by atoms with Crippen molar-refractivity contribution in [3.63, 3.8) is 0 Å². The van der Waals surface area contributed by atoms with E-state index in [0.29, 0.717) is 36.3 Å². The number of rotatable bonds is 5. The number of benzene rings is 2. The summed E-state index contributed by atoms with van der Waals surface area (Å²) in [5.74, 6) is 3.20. The Balaban J connectivity index is 1.54. The molecule has 3 aromatic rings. The van der Waals surface area contributed by atoms with Crippen molar-refractivity contribution in [2.75, 3.05) is 36.7 Å². The monoisotopic (exact) mass is 365 g/mol. The normalized spacial score (nSPS) is 12.3. The minimum absolute atomic E-state index is 0.406. The number of hydrogen-bond acceptors (Lipinski definition) is 8. The number of nitrogens with two attached hydrogens (primary N) is 1. The second-order valence-corrected chi connectivity index (χ2v) is 5.82. The summed E-state index contributed by atoms with van der Waals surface area (Å²) in [6, 6.07) is 13.1. The van der Waals surface area contributed by atoms with Crippen LogP contribution in [0, 0.1) is 0 Å². The predicted octanol–water partition coefficient (Wildman–Crippen LogP) is 3.33. The van der Waals surface area contributed by atoms with Gasteiger partial charge in [0.1, 0.15) is 31.0 Å². The molecule has 0 aliphatic carbocycles. The van der Waals surface area contributed by atoms with Gasteiger partial charge in [-0.25, -0.2) is 9.97 Å². The number of ether oxygens (including phenoxy) is 3. The van der Waals surface area contributed by atoms with Crippen molar-refractivity contribution >= 4 is 28.7 Å². The van der Waals surface area contributed by atoms with E-state index in [1.54, 1.807) is 7.11 Å². The molecule has 8 heteroatoms. The van der Waals surface area contributed by atoms with Gasteiger partial charge in [0.25, 0.3) is 0 Å². The van der Waals surface area contributed by atoms with Crippen LogP contribution in [0.5, 0.6) is 17.2 Å². The summed E-state index contributed by atoms with van der Waals surface area (Å²) in [5.41, 5.74) is 8.28. The summed E-state index contributed by atoms with van der Waals surface area (Å²) in [5, 5.41) is 6.38. The van der Waals surface area contributed by atoms with Crippen molar-refractivity contribution in [3.05, 3.63) is 48.8 Å². The standard InChI is InChI=1S/C19H19N5O3/c1-25-14-5-2-12(3-6-14)23-18-17(20)19(22-11-21-18)24-13-4-7-15-16(10-13)27-9-8-26-15/h2-7,10-11H,8-9,20H2,1H3,(H2,21,22,23,24). The molecule has 0 saturated carbocycles. The molecule has 4 N–H and O–H groups in total. The van der Waals surface area contributed by atoms with Gasteiger partial charge in [-0.3, -0.25) is 0 Å². The van der Waals surface area contributed by atoms with E-state index >= 15 is 0 Å². The Morgan fingerprint density at radius 1 is 0.889 bits per heavy atom. The highest BCUT2D eigenvalue weighted by Crippen LogP contribution is 2.35. The molecular weight excluding hydrogens is 346 g/mol. The van der Waals surface area contributed by atoms with Crippen LogP contribution in [0.3, 0.4) is 0 Å². The molecule has 0 saturated heterocycles. The first-order valence-corrected chi connectivity index (χ1v) is 8.41. The maximum Gasteiger partial charge on any atom is 0.163 e. The fourth-order valence-electron chi connectivity index (χ4n) is 2.66. The first kappa shape index (κ1) is 16.8. The highest BCUT2D eigenvalue weighted by Gasteiger charge is 2.14. The molecule has 2 heterocycles. The summed E-state index contributed by atoms with van der Waals surface area (Å²) < 4.78 is 16.3. The first-order chi connectivity index (χ1) is 13.2. The molecule has 0 spiro atoms. The van der Waals surface area contributed by atoms with Gasteiger partial charge in [0.15, 0.2) is 23.1 Å². The third-order valence-corrected chi connectivity index (χ3v) is 4.04. The average molecular weight is 365 g/mol. The van der Waals surface area contributed by atoms with Gasteiger partial charge in [-0.15, -0.1) is 0 Å². The zero-order valence-corrected chi connectivity index (χ0v) is 14.7. The maximum atomic E-state index is 6.24. The Morgan fingerprint density at radius 2 is 1.52 bits per heavy atom. The fourth-order valence-corrected chi connectivity index (χ4v) is 2.66. The Bertz CT molecular complexity index is 947. The molecular formula is C19H19N5O3. The van der Waals surface area contributed by atoms with E-state index in [9.17, 15) is 0 Å². The van der Waals surface area contributed by atoms with Crippen LogP contribution in [0.2, 0.25) is 0 Å². The number of nitrogens with zero attached hydrogens (tertiary/aromatic N) is 2. The van der Waals surface area contributed by atoms with Crippen LogP contribution in [-0.4, -0.2) is 30.3 Å². The molecule has 4 rings (SSSR count). The van der Waals surface area contributed by atoms with E-state index in [2.05, 4.69) is 20.6 Å². The Kier molecular flexibility index (Phi) is 4.52. The lowest BCUT2D eigenvalue weighted by atomic mass is 10.2. The lowest BCUT2D eigenvalue weighted by Crippen LogP contribution is -2.15. The van der Waals surface area contributed by atoms with Crippen molar-refractivity contribution in [1.82, 2.24) is 9.97 Å². The number of nitrogen functional groups attached to an aromatic ring is 1. The maximum absolute atomic E-state index is 6.24. The molecule has 0 atom stereocenters. The summed E-state index contributed by atoms with van der Waals surface area (Å²) >= 11 is 0. The van der Waals surface area contributed by atoms with Crippen LogP contribution in [0.1, 0.15) is 0 Å². The van der Waals surface area contributed by atoms with Gasteiger partial charge in [0.05, 0.1) is 7.11 Å². The molecule has 0 amide bonds. The van der Waals surface area contributed by atoms with Crippen LogP contribution in [0.4, 0.5) is 28.7 Å². The molecule has 8 nitrogen and oxygen atoms in total. The van der Waals surface area contributed by atoms with Crippen LogP contribution in [-0.2, 0) is 0 Å². The van der Waals surface area contributed by atoms with Gasteiger partial charge in [-0.05, 0) is 36.4 Å². The summed E-state index contributed by atoms with van der Waals surface area (Å²) in [4.78, 5) is 8.46. The second kappa shape index (κ2) is 7.28. The average Bonchev–Trinajstić information content (AvgIpc) is 2.71. The molecule has 27 heavy (non-hydrogen) atoms. The van der Waals surface area contributed by atoms with Gasteiger partial charge < -0.3 is 30.6 Å². The lowest BCUT2D eigenvalue weighted by molar-refractivity contribution is 0.171. The summed E-state index contributed by atoms with van der Waals surface area (Å²) in [6.45, 7) is 1.08. The van der Waals surface area contributed by atoms with Gasteiger partial charge in [0, 0.05) is 17.4 Å². The van der Waals surface area contributed by atoms with Gasteiger partial charge in [0.2, 0.25) is 0 Å². The fraction of sp³-hybridized carbons (Fsp3) is 0.158. The first-order valence-electron chi connectivity index (χ1n) is 8.41. The zero-order chi connectivity index (χ0) is 18.6. The van der Waals surface area contributed by atoms with E-state index in [0.717, 1.165) is 22.9 Å². The van der Waals surface area contributed by atoms with Crippen molar-refractivity contribution in [3.8, 4) is 17.2 Å². The highest BCUT2D eigenvalue weighted by molar-refractivity contribution is 5.80. The SMILES string of the molecule is COc1ccc(Nc2ncnc(Nc3ccc4c(c3)OCCO4)c2N)cc1. The minimum atomic E-state index is 0.406. The molecule has 138 valence electrons. The van der Waals surface area contributed by atoms with E-state index in [1.807, 2.05) is 42.5 Å². The van der Waals surface area contributed by atoms with Crippen molar-refractivity contribution in [1.29, 1.82) is 0 Å². The molecule has 1 aromatic heterocycles. The third kappa shape index (κ3) is 3.64. The molecule has 1 aliphatic heterocycles. The Labute approximate surface area is 156 Å². The van der Waals surface area contributed by atoms with Crippen LogP contribution in [0.15, 0.2) is 48.8 Å². The molecule has 0 bridgehead atoms. The van der Waals surface area contributed by atoms with E-state index in [-0.39, 0.29) is 0 Å². The number of methoxy groups -OCH3 is 1. The van der Waals surface area contributed by atoms with Gasteiger partial charge in [-0.1, -0.05) is 0 Å². The second-order valence-electron chi connectivity index (χ2n) is 5.82. The Morgan fingerprint density at radius 3 is 2.22 bits per heavy atom. The lowest BCUT2D eigenvalue weighted by Gasteiger charge is -2.19. The number of nitrogens with one attached hydrogen (secondary N) is 2. The molecule has 0 radical (unpaired) electrons. The molecule has 0 fully saturated rings. The van der Waals surface area contributed by atoms with Crippen molar-refractivity contribution in [2.24, 2.45) is 0 Å². The Hall–Kier alpha value is -3.68. The van der Waals surface area contributed by atoms with Crippen molar-refractivity contribution in [2.45, 2.75) is 0 Å². The van der Waals surface area contributed by atoms with E-state index in [1.165, 1.54) is 6.33 Å². The van der Waals surface area contributed by atoms with E-state index in [4.69, 9.17) is 19.9 Å². The largest absolute Gasteiger partial charge is 0.497 e. The molecule has 2 aromatic carbocycles. The van der Waals surface area contributed by atoms with Crippen LogP contribution in [0.25, 0.3) is 0 Å². The molecule has 0 unspecified atom stereocenters. The minimum Gasteiger partial charge on any atom is -0.497 e.